The van der Waals surface area contributed by atoms with E-state index in [1.54, 1.807) is 6.07 Å². The van der Waals surface area contributed by atoms with Crippen LogP contribution in [0, 0.1) is 0 Å². The first-order valence-electron chi connectivity index (χ1n) is 7.71. The second kappa shape index (κ2) is 6.20. The first-order valence-corrected chi connectivity index (χ1v) is 7.71. The van der Waals surface area contributed by atoms with E-state index in [-0.39, 0.29) is 13.0 Å². The summed E-state index contributed by atoms with van der Waals surface area (Å²) in [5.74, 6) is 0.281. The number of nitrogens with zero attached hydrogens (tertiary/aromatic N) is 3. The Balaban J connectivity index is 1.47. The number of aromatic nitrogens is 3. The highest BCUT2D eigenvalue weighted by molar-refractivity contribution is 5.88. The number of hydrogen-bond acceptors (Lipinski definition) is 7. The number of hydrogen-bond donors (Lipinski definition) is 1. The molecule has 0 atom stereocenters. The Kier molecular flexibility index (Phi) is 3.74. The molecule has 7 heteroatoms. The maximum Gasteiger partial charge on any atom is 0.312 e. The molecule has 2 heterocycles. The van der Waals surface area contributed by atoms with Crippen molar-refractivity contribution in [3.63, 3.8) is 0 Å². The minimum Gasteiger partial charge on any atom is -0.457 e. The molecule has 0 saturated carbocycles. The zero-order valence-electron chi connectivity index (χ0n) is 13.2. The highest BCUT2D eigenvalue weighted by Crippen LogP contribution is 2.19. The van der Waals surface area contributed by atoms with E-state index in [4.69, 9.17) is 15.0 Å². The monoisotopic (exact) mass is 334 g/mol. The molecule has 25 heavy (non-hydrogen) atoms. The van der Waals surface area contributed by atoms with Gasteiger partial charge in [-0.05, 0) is 24.3 Å². The van der Waals surface area contributed by atoms with Gasteiger partial charge < -0.3 is 15.0 Å². The molecule has 0 saturated heterocycles. The summed E-state index contributed by atoms with van der Waals surface area (Å²) in [6, 6.07) is 14.8. The van der Waals surface area contributed by atoms with Gasteiger partial charge in [0.2, 0.25) is 0 Å². The number of carbonyl (C=O) groups is 1. The van der Waals surface area contributed by atoms with Crippen molar-refractivity contribution in [3.05, 3.63) is 60.0 Å². The van der Waals surface area contributed by atoms with Crippen LogP contribution in [-0.4, -0.2) is 21.1 Å². The van der Waals surface area contributed by atoms with Gasteiger partial charge in [-0.3, -0.25) is 4.79 Å². The molecule has 0 amide bonds. The van der Waals surface area contributed by atoms with Crippen LogP contribution in [0.1, 0.15) is 11.5 Å². The minimum atomic E-state index is -0.436. The third-order valence-corrected chi connectivity index (χ3v) is 3.81. The SMILES string of the molecule is Nc1nc(COC(=O)Cc2noc3ccccc23)nc2ccccc12. The van der Waals surface area contributed by atoms with Gasteiger partial charge in [-0.15, -0.1) is 0 Å². The van der Waals surface area contributed by atoms with Crippen LogP contribution >= 0.6 is 0 Å². The molecule has 2 aromatic heterocycles. The number of nitrogens with two attached hydrogens (primary N) is 1. The van der Waals surface area contributed by atoms with Crippen LogP contribution in [0.2, 0.25) is 0 Å². The number of fused-ring (bicyclic) bond motifs is 2. The van der Waals surface area contributed by atoms with Gasteiger partial charge in [-0.25, -0.2) is 9.97 Å². The Hall–Kier alpha value is -3.48. The number of para-hydroxylation sites is 2. The normalized spacial score (nSPS) is 11.0. The highest BCUT2D eigenvalue weighted by atomic mass is 16.5. The molecular formula is C18H14N4O3. The number of ether oxygens (including phenoxy) is 1. The number of anilines is 1. The molecule has 0 aliphatic heterocycles. The van der Waals surface area contributed by atoms with Gasteiger partial charge in [0.15, 0.2) is 18.0 Å². The molecule has 2 aromatic carbocycles. The van der Waals surface area contributed by atoms with Gasteiger partial charge in [-0.1, -0.05) is 29.4 Å². The van der Waals surface area contributed by atoms with Crippen LogP contribution in [0.25, 0.3) is 21.9 Å². The van der Waals surface area contributed by atoms with E-state index in [0.29, 0.717) is 28.4 Å². The van der Waals surface area contributed by atoms with E-state index in [9.17, 15) is 4.79 Å². The van der Waals surface area contributed by atoms with Gasteiger partial charge in [0, 0.05) is 10.8 Å². The van der Waals surface area contributed by atoms with E-state index < -0.39 is 5.97 Å². The van der Waals surface area contributed by atoms with Gasteiger partial charge in [-0.2, -0.15) is 0 Å². The molecule has 4 aromatic rings. The first-order chi connectivity index (χ1) is 12.2. The zero-order chi connectivity index (χ0) is 17.2. The molecule has 0 spiro atoms. The summed E-state index contributed by atoms with van der Waals surface area (Å²) in [5, 5.41) is 5.49. The minimum absolute atomic E-state index is 0.0140. The van der Waals surface area contributed by atoms with Gasteiger partial charge >= 0.3 is 5.97 Å². The van der Waals surface area contributed by atoms with Gasteiger partial charge in [0.1, 0.15) is 11.5 Å². The maximum absolute atomic E-state index is 12.1. The summed E-state index contributed by atoms with van der Waals surface area (Å²) in [6.45, 7) is -0.0519. The summed E-state index contributed by atoms with van der Waals surface area (Å²) >= 11 is 0. The summed E-state index contributed by atoms with van der Waals surface area (Å²) in [6.07, 6.45) is 0.0140. The van der Waals surface area contributed by atoms with Gasteiger partial charge in [0.25, 0.3) is 0 Å². The second-order valence-corrected chi connectivity index (χ2v) is 5.51. The Labute approximate surface area is 142 Å². The second-order valence-electron chi connectivity index (χ2n) is 5.51. The molecular weight excluding hydrogens is 320 g/mol. The van der Waals surface area contributed by atoms with Crippen molar-refractivity contribution in [1.82, 2.24) is 15.1 Å². The molecule has 2 N–H and O–H groups in total. The summed E-state index contributed by atoms with van der Waals surface area (Å²) in [4.78, 5) is 20.6. The average molecular weight is 334 g/mol. The molecule has 4 rings (SSSR count). The maximum atomic E-state index is 12.1. The molecule has 124 valence electrons. The van der Waals surface area contributed by atoms with Crippen molar-refractivity contribution in [2.45, 2.75) is 13.0 Å². The third kappa shape index (κ3) is 2.99. The predicted octanol–water partition coefficient (Wildman–Crippen LogP) is 2.64. The molecule has 0 unspecified atom stereocenters. The zero-order valence-corrected chi connectivity index (χ0v) is 13.2. The van der Waals surface area contributed by atoms with Crippen molar-refractivity contribution in [1.29, 1.82) is 0 Å². The standard InChI is InChI=1S/C18H14N4O3/c19-18-12-6-1-3-7-13(12)20-16(21-18)10-24-17(23)9-14-11-5-2-4-8-15(11)25-22-14/h1-8H,9-10H2,(H2,19,20,21). The lowest BCUT2D eigenvalue weighted by Crippen LogP contribution is -2.11. The number of esters is 1. The van der Waals surface area contributed by atoms with Crippen LogP contribution in [-0.2, 0) is 22.6 Å². The van der Waals surface area contributed by atoms with Crippen molar-refractivity contribution in [3.8, 4) is 0 Å². The van der Waals surface area contributed by atoms with Crippen LogP contribution in [0.3, 0.4) is 0 Å². The Bertz CT molecular complexity index is 1070. The summed E-state index contributed by atoms with van der Waals surface area (Å²) < 4.78 is 10.4. The van der Waals surface area contributed by atoms with E-state index in [1.807, 2.05) is 42.5 Å². The van der Waals surface area contributed by atoms with E-state index in [2.05, 4.69) is 15.1 Å². The average Bonchev–Trinajstić information content (AvgIpc) is 3.03. The van der Waals surface area contributed by atoms with Crippen LogP contribution in [0.5, 0.6) is 0 Å². The summed E-state index contributed by atoms with van der Waals surface area (Å²) in [7, 11) is 0. The fraction of sp³-hybridized carbons (Fsp3) is 0.111. The fourth-order valence-corrected chi connectivity index (χ4v) is 2.61. The highest BCUT2D eigenvalue weighted by Gasteiger charge is 2.14. The van der Waals surface area contributed by atoms with Crippen LogP contribution in [0.4, 0.5) is 5.82 Å². The topological polar surface area (TPSA) is 104 Å². The van der Waals surface area contributed by atoms with Crippen molar-refractivity contribution < 1.29 is 14.1 Å². The van der Waals surface area contributed by atoms with Crippen molar-refractivity contribution in [2.75, 3.05) is 5.73 Å². The third-order valence-electron chi connectivity index (χ3n) is 3.81. The summed E-state index contributed by atoms with van der Waals surface area (Å²) in [5.41, 5.74) is 7.81. The predicted molar refractivity (Wildman–Crippen MR) is 91.5 cm³/mol. The lowest BCUT2D eigenvalue weighted by atomic mass is 10.2. The first kappa shape index (κ1) is 15.1. The molecule has 0 aliphatic carbocycles. The lowest BCUT2D eigenvalue weighted by Gasteiger charge is -2.06. The fourth-order valence-electron chi connectivity index (χ4n) is 2.61. The Morgan fingerprint density at radius 3 is 2.68 bits per heavy atom. The van der Waals surface area contributed by atoms with Crippen LogP contribution < -0.4 is 5.73 Å². The number of rotatable bonds is 4. The number of nitrogen functional groups attached to an aromatic ring is 1. The molecule has 0 bridgehead atoms. The molecule has 0 fully saturated rings. The number of benzene rings is 2. The number of carbonyl (C=O) groups excluding carboxylic acids is 1. The van der Waals surface area contributed by atoms with Crippen molar-refractivity contribution >= 4 is 33.7 Å². The van der Waals surface area contributed by atoms with E-state index in [0.717, 1.165) is 10.8 Å². The van der Waals surface area contributed by atoms with Gasteiger partial charge in [0.05, 0.1) is 11.9 Å². The Morgan fingerprint density at radius 2 is 1.80 bits per heavy atom. The molecule has 7 nitrogen and oxygen atoms in total. The van der Waals surface area contributed by atoms with E-state index >= 15 is 0 Å². The molecule has 0 radical (unpaired) electrons. The Morgan fingerprint density at radius 1 is 1.04 bits per heavy atom. The smallest absolute Gasteiger partial charge is 0.312 e. The largest absolute Gasteiger partial charge is 0.457 e. The van der Waals surface area contributed by atoms with Crippen molar-refractivity contribution in [2.24, 2.45) is 0 Å². The quantitative estimate of drug-likeness (QED) is 0.572. The van der Waals surface area contributed by atoms with E-state index in [1.165, 1.54) is 0 Å². The van der Waals surface area contributed by atoms with Crippen LogP contribution in [0.15, 0.2) is 53.1 Å². The lowest BCUT2D eigenvalue weighted by molar-refractivity contribution is -0.144. The molecule has 0 aliphatic rings.